The zero-order valence-corrected chi connectivity index (χ0v) is 15.1. The second kappa shape index (κ2) is 8.91. The van der Waals surface area contributed by atoms with Crippen LogP contribution in [0, 0.1) is 5.41 Å². The quantitative estimate of drug-likeness (QED) is 0.317. The molecule has 26 heavy (non-hydrogen) atoms. The minimum absolute atomic E-state index is 0.0940. The van der Waals surface area contributed by atoms with Crippen molar-refractivity contribution in [2.45, 2.75) is 20.5 Å². The molecular formula is C18H18N2O5S. The highest BCUT2D eigenvalue weighted by Crippen LogP contribution is 2.16. The molecule has 0 fully saturated rings. The number of aliphatic hydroxyl groups is 1. The van der Waals surface area contributed by atoms with Gasteiger partial charge in [-0.1, -0.05) is 6.07 Å². The third kappa shape index (κ3) is 5.25. The molecule has 1 aromatic carbocycles. The van der Waals surface area contributed by atoms with Gasteiger partial charge in [0.25, 0.3) is 0 Å². The summed E-state index contributed by atoms with van der Waals surface area (Å²) < 4.78 is 10.6. The van der Waals surface area contributed by atoms with Gasteiger partial charge in [0.1, 0.15) is 24.7 Å². The number of esters is 1. The molecule has 0 atom stereocenters. The lowest BCUT2D eigenvalue weighted by atomic mass is 10.1. The molecule has 0 bridgehead atoms. The molecule has 2 aromatic rings. The minimum Gasteiger partial charge on any atom is -0.508 e. The molecule has 136 valence electrons. The van der Waals surface area contributed by atoms with Crippen LogP contribution < -0.4 is 4.74 Å². The monoisotopic (exact) mass is 374 g/mol. The number of hydrogen-bond acceptors (Lipinski definition) is 8. The predicted octanol–water partition coefficient (Wildman–Crippen LogP) is 3.32. The summed E-state index contributed by atoms with van der Waals surface area (Å²) in [6.07, 6.45) is 0. The molecule has 0 spiro atoms. The molecule has 0 aliphatic carbocycles. The summed E-state index contributed by atoms with van der Waals surface area (Å²) in [5.74, 6) is -1.12. The fraction of sp³-hybridized carbons (Fsp3) is 0.222. The zero-order valence-electron chi connectivity index (χ0n) is 14.3. The van der Waals surface area contributed by atoms with Crippen LogP contribution in [0.4, 0.5) is 0 Å². The Balaban J connectivity index is 2.01. The summed E-state index contributed by atoms with van der Waals surface area (Å²) in [5.41, 5.74) is 2.49. The molecule has 0 saturated carbocycles. The fourth-order valence-corrected chi connectivity index (χ4v) is 2.70. The maximum atomic E-state index is 12.1. The first-order chi connectivity index (χ1) is 12.4. The Morgan fingerprint density at radius 3 is 2.69 bits per heavy atom. The number of thiazole rings is 1. The Morgan fingerprint density at radius 2 is 2.08 bits per heavy atom. The summed E-state index contributed by atoms with van der Waals surface area (Å²) in [4.78, 5) is 27.7. The van der Waals surface area contributed by atoms with Crippen molar-refractivity contribution in [2.75, 3.05) is 6.61 Å². The van der Waals surface area contributed by atoms with Crippen LogP contribution in [0.3, 0.4) is 0 Å². The van der Waals surface area contributed by atoms with Crippen LogP contribution in [0.25, 0.3) is 0 Å². The summed E-state index contributed by atoms with van der Waals surface area (Å²) in [7, 11) is 0. The predicted molar refractivity (Wildman–Crippen MR) is 96.9 cm³/mol. The van der Waals surface area contributed by atoms with Crippen molar-refractivity contribution in [3.8, 4) is 5.75 Å². The lowest BCUT2D eigenvalue weighted by molar-refractivity contribution is -0.113. The third-order valence-corrected chi connectivity index (χ3v) is 3.93. The Kier molecular flexibility index (Phi) is 6.62. The van der Waals surface area contributed by atoms with Gasteiger partial charge in [-0.3, -0.25) is 4.79 Å². The first-order valence-electron chi connectivity index (χ1n) is 7.64. The lowest BCUT2D eigenvalue weighted by Gasteiger charge is -2.09. The van der Waals surface area contributed by atoms with Crippen molar-refractivity contribution in [3.05, 3.63) is 57.7 Å². The average molecular weight is 374 g/mol. The summed E-state index contributed by atoms with van der Waals surface area (Å²) in [6.45, 7) is 2.40. The van der Waals surface area contributed by atoms with E-state index in [0.29, 0.717) is 5.75 Å². The van der Waals surface area contributed by atoms with Crippen molar-refractivity contribution in [1.82, 2.24) is 4.98 Å². The van der Waals surface area contributed by atoms with Crippen molar-refractivity contribution < 1.29 is 24.2 Å². The molecular weight excluding hydrogens is 356 g/mol. The van der Waals surface area contributed by atoms with Crippen LogP contribution in [-0.4, -0.2) is 34.2 Å². The van der Waals surface area contributed by atoms with E-state index >= 15 is 0 Å². The van der Waals surface area contributed by atoms with E-state index in [1.807, 2.05) is 5.38 Å². The number of aromatic nitrogens is 1. The van der Waals surface area contributed by atoms with Crippen LogP contribution >= 0.6 is 11.3 Å². The van der Waals surface area contributed by atoms with Crippen LogP contribution in [0.5, 0.6) is 5.75 Å². The molecule has 8 heteroatoms. The molecule has 2 N–H and O–H groups in total. The van der Waals surface area contributed by atoms with Crippen LogP contribution in [0.1, 0.15) is 29.9 Å². The molecule has 0 radical (unpaired) electrons. The largest absolute Gasteiger partial charge is 0.508 e. The van der Waals surface area contributed by atoms with Gasteiger partial charge < -0.3 is 20.0 Å². The van der Waals surface area contributed by atoms with Gasteiger partial charge in [0.2, 0.25) is 0 Å². The van der Waals surface area contributed by atoms with Crippen molar-refractivity contribution in [1.29, 1.82) is 5.41 Å². The Hall–Kier alpha value is -3.00. The van der Waals surface area contributed by atoms with E-state index in [4.69, 9.17) is 14.9 Å². The van der Waals surface area contributed by atoms with Gasteiger partial charge in [0, 0.05) is 11.1 Å². The third-order valence-electron chi connectivity index (χ3n) is 3.30. The van der Waals surface area contributed by atoms with Gasteiger partial charge in [-0.15, -0.1) is 11.3 Å². The van der Waals surface area contributed by atoms with Gasteiger partial charge in [-0.05, 0) is 32.0 Å². The number of allylic oxidation sites excluding steroid dienone is 1. The number of nitrogens with one attached hydrogen (secondary N) is 1. The van der Waals surface area contributed by atoms with E-state index in [0.717, 1.165) is 5.69 Å². The number of benzene rings is 1. The van der Waals surface area contributed by atoms with Crippen LogP contribution in [0.2, 0.25) is 0 Å². The maximum Gasteiger partial charge on any atom is 0.338 e. The molecule has 1 heterocycles. The van der Waals surface area contributed by atoms with Gasteiger partial charge in [-0.2, -0.15) is 0 Å². The first kappa shape index (κ1) is 19.3. The highest BCUT2D eigenvalue weighted by molar-refractivity contribution is 7.07. The van der Waals surface area contributed by atoms with E-state index in [9.17, 15) is 14.7 Å². The number of Topliss-reactive ketones (excluding diaryl/α,β-unsaturated/α-hetero) is 1. The number of ketones is 1. The lowest BCUT2D eigenvalue weighted by Crippen LogP contribution is -2.15. The van der Waals surface area contributed by atoms with Crippen LogP contribution in [-0.2, 0) is 16.1 Å². The van der Waals surface area contributed by atoms with Crippen molar-refractivity contribution in [2.24, 2.45) is 0 Å². The molecule has 0 aliphatic heterocycles. The van der Waals surface area contributed by atoms with Gasteiger partial charge in [0.15, 0.2) is 5.78 Å². The second-order valence-corrected chi connectivity index (χ2v) is 6.09. The van der Waals surface area contributed by atoms with E-state index < -0.39 is 24.1 Å². The highest BCUT2D eigenvalue weighted by atomic mass is 32.1. The first-order valence-corrected chi connectivity index (χ1v) is 8.58. The summed E-state index contributed by atoms with van der Waals surface area (Å²) in [6, 6.07) is 6.41. The number of carbonyl (C=O) groups is 2. The molecule has 0 unspecified atom stereocenters. The maximum absolute atomic E-state index is 12.1. The Bertz CT molecular complexity index is 827. The molecule has 7 nitrogen and oxygen atoms in total. The SMILES string of the molecule is CC(=N)/C(C(C)=O)=C(/O)COC(=O)c1cccc(OCc2cscn2)c1. The van der Waals surface area contributed by atoms with Crippen LogP contribution in [0.15, 0.2) is 46.5 Å². The Morgan fingerprint density at radius 1 is 1.31 bits per heavy atom. The number of ether oxygens (including phenoxy) is 2. The average Bonchev–Trinajstić information content (AvgIpc) is 3.11. The van der Waals surface area contributed by atoms with Crippen molar-refractivity contribution in [3.63, 3.8) is 0 Å². The molecule has 0 aliphatic rings. The van der Waals surface area contributed by atoms with Gasteiger partial charge in [0.05, 0.1) is 22.3 Å². The zero-order chi connectivity index (χ0) is 19.1. The number of rotatable bonds is 8. The molecule has 2 rings (SSSR count). The highest BCUT2D eigenvalue weighted by Gasteiger charge is 2.16. The summed E-state index contributed by atoms with van der Waals surface area (Å²) >= 11 is 1.47. The Labute approximate surface area is 154 Å². The van der Waals surface area contributed by atoms with E-state index in [1.54, 1.807) is 23.7 Å². The second-order valence-electron chi connectivity index (χ2n) is 5.38. The van der Waals surface area contributed by atoms with E-state index in [-0.39, 0.29) is 23.5 Å². The smallest absolute Gasteiger partial charge is 0.338 e. The number of nitrogens with zero attached hydrogens (tertiary/aromatic N) is 1. The van der Waals surface area contributed by atoms with E-state index in [2.05, 4.69) is 4.98 Å². The fourth-order valence-electron chi connectivity index (χ4n) is 2.15. The normalized spacial score (nSPS) is 11.5. The van der Waals surface area contributed by atoms with E-state index in [1.165, 1.54) is 31.3 Å². The number of aliphatic hydroxyl groups excluding tert-OH is 1. The van der Waals surface area contributed by atoms with Gasteiger partial charge >= 0.3 is 5.97 Å². The number of carbonyl (C=O) groups excluding carboxylic acids is 2. The summed E-state index contributed by atoms with van der Waals surface area (Å²) in [5, 5.41) is 19.3. The molecule has 0 saturated heterocycles. The van der Waals surface area contributed by atoms with Crippen molar-refractivity contribution >= 4 is 28.8 Å². The topological polar surface area (TPSA) is 110 Å². The van der Waals surface area contributed by atoms with Gasteiger partial charge in [-0.25, -0.2) is 9.78 Å². The number of hydrogen-bond donors (Lipinski definition) is 2. The minimum atomic E-state index is -0.679. The molecule has 1 aromatic heterocycles. The standard InChI is InChI=1S/C18H18N2O5S/c1-11(19)17(12(2)21)16(22)8-25-18(23)13-4-3-5-15(6-13)24-7-14-9-26-10-20-14/h3-6,9-10,19,22H,7-8H2,1-2H3/b17-16-,19-11?. The molecule has 0 amide bonds.